The number of nitrogens with zero attached hydrogens (tertiary/aromatic N) is 3. The van der Waals surface area contributed by atoms with Gasteiger partial charge in [-0.2, -0.15) is 4.31 Å². The smallest absolute Gasteiger partial charge is 0.410 e. The summed E-state index contributed by atoms with van der Waals surface area (Å²) in [5.74, 6) is 0.221. The summed E-state index contributed by atoms with van der Waals surface area (Å²) in [5.41, 5.74) is -0.563. The van der Waals surface area contributed by atoms with Crippen molar-refractivity contribution in [2.24, 2.45) is 11.8 Å². The van der Waals surface area contributed by atoms with E-state index in [4.69, 9.17) is 4.74 Å². The average molecular weight is 430 g/mol. The number of hydrogen-bond donors (Lipinski definition) is 0. The fourth-order valence-electron chi connectivity index (χ4n) is 4.79. The Morgan fingerprint density at radius 1 is 1.07 bits per heavy atom. The molecule has 0 aliphatic carbocycles. The van der Waals surface area contributed by atoms with Gasteiger partial charge < -0.3 is 14.5 Å². The van der Waals surface area contributed by atoms with E-state index in [0.717, 1.165) is 12.8 Å². The molecule has 0 unspecified atom stereocenters. The van der Waals surface area contributed by atoms with Crippen molar-refractivity contribution in [3.63, 3.8) is 0 Å². The summed E-state index contributed by atoms with van der Waals surface area (Å²) >= 11 is 0. The molecule has 3 aliphatic heterocycles. The molecule has 166 valence electrons. The molecule has 0 aromatic heterocycles. The van der Waals surface area contributed by atoms with E-state index >= 15 is 0 Å². The van der Waals surface area contributed by atoms with Gasteiger partial charge in [-0.1, -0.05) is 13.8 Å². The van der Waals surface area contributed by atoms with Crippen LogP contribution in [0.2, 0.25) is 0 Å². The number of rotatable bonds is 3. The monoisotopic (exact) mass is 429 g/mol. The van der Waals surface area contributed by atoms with E-state index in [-0.39, 0.29) is 29.7 Å². The number of hydrogen-bond acceptors (Lipinski definition) is 5. The second kappa shape index (κ2) is 8.06. The molecule has 29 heavy (non-hydrogen) atoms. The Bertz CT molecular complexity index is 746. The van der Waals surface area contributed by atoms with Crippen molar-refractivity contribution < 1.29 is 22.7 Å². The molecule has 3 rings (SSSR count). The van der Waals surface area contributed by atoms with E-state index in [2.05, 4.69) is 0 Å². The van der Waals surface area contributed by atoms with Gasteiger partial charge in [-0.05, 0) is 51.9 Å². The van der Waals surface area contributed by atoms with Gasteiger partial charge in [0.2, 0.25) is 15.9 Å². The first-order chi connectivity index (χ1) is 13.4. The highest BCUT2D eigenvalue weighted by atomic mass is 32.2. The molecular weight excluding hydrogens is 394 g/mol. The summed E-state index contributed by atoms with van der Waals surface area (Å²) in [5, 5.41) is 0. The van der Waals surface area contributed by atoms with Gasteiger partial charge in [0, 0.05) is 26.2 Å². The predicted molar refractivity (Wildman–Crippen MR) is 110 cm³/mol. The number of carbonyl (C=O) groups is 2. The van der Waals surface area contributed by atoms with Gasteiger partial charge in [0.15, 0.2) is 0 Å². The van der Waals surface area contributed by atoms with E-state index in [1.807, 2.05) is 34.6 Å². The molecular formula is C20H35N3O5S. The summed E-state index contributed by atoms with van der Waals surface area (Å²) in [6.07, 6.45) is 1.98. The number of fused-ring (bicyclic) bond motifs is 1. The van der Waals surface area contributed by atoms with Crippen molar-refractivity contribution >= 4 is 22.0 Å². The standard InChI is InChI=1S/C20H35N3O5S/c1-14(2)17(23-9-6-12-29(23,26)27)18(24)21-10-7-15-8-11-22(16(15)13-21)19(25)28-20(3,4)5/h14-17H,6-13H2,1-5H3/t15-,16-,17-/m1/s1. The van der Waals surface area contributed by atoms with Crippen LogP contribution in [0.4, 0.5) is 4.79 Å². The Kier molecular flexibility index (Phi) is 6.21. The third kappa shape index (κ3) is 4.71. The zero-order valence-electron chi connectivity index (χ0n) is 18.3. The molecule has 9 heteroatoms. The Labute approximate surface area is 174 Å². The number of amides is 2. The minimum Gasteiger partial charge on any atom is -0.444 e. The van der Waals surface area contributed by atoms with Gasteiger partial charge >= 0.3 is 6.09 Å². The highest BCUT2D eigenvalue weighted by Crippen LogP contribution is 2.34. The zero-order chi connectivity index (χ0) is 21.6. The minimum atomic E-state index is -3.38. The lowest BCUT2D eigenvalue weighted by atomic mass is 9.91. The second-order valence-corrected chi connectivity index (χ2v) is 11.9. The molecule has 0 radical (unpaired) electrons. The molecule has 0 saturated carbocycles. The fraction of sp³-hybridized carbons (Fsp3) is 0.900. The first-order valence-electron chi connectivity index (χ1n) is 10.7. The Balaban J connectivity index is 1.74. The van der Waals surface area contributed by atoms with Crippen molar-refractivity contribution in [3.8, 4) is 0 Å². The quantitative estimate of drug-likeness (QED) is 0.684. The molecule has 8 nitrogen and oxygen atoms in total. The summed E-state index contributed by atoms with van der Waals surface area (Å²) < 4.78 is 31.8. The highest BCUT2D eigenvalue weighted by Gasteiger charge is 2.46. The van der Waals surface area contributed by atoms with Crippen LogP contribution in [0.25, 0.3) is 0 Å². The van der Waals surface area contributed by atoms with Crippen LogP contribution in [-0.4, -0.2) is 84.1 Å². The summed E-state index contributed by atoms with van der Waals surface area (Å²) in [6, 6.07) is -0.735. The van der Waals surface area contributed by atoms with Crippen LogP contribution in [0.1, 0.15) is 53.9 Å². The predicted octanol–water partition coefficient (Wildman–Crippen LogP) is 1.90. The maximum Gasteiger partial charge on any atom is 0.410 e. The molecule has 0 aromatic carbocycles. The van der Waals surface area contributed by atoms with E-state index in [9.17, 15) is 18.0 Å². The third-order valence-corrected chi connectivity index (χ3v) is 8.06. The molecule has 0 bridgehead atoms. The van der Waals surface area contributed by atoms with Crippen LogP contribution in [0.15, 0.2) is 0 Å². The molecule has 0 aromatic rings. The van der Waals surface area contributed by atoms with Gasteiger partial charge in [0.05, 0.1) is 11.8 Å². The summed E-state index contributed by atoms with van der Waals surface area (Å²) in [4.78, 5) is 29.6. The van der Waals surface area contributed by atoms with Crippen LogP contribution >= 0.6 is 0 Å². The normalized spacial score (nSPS) is 28.5. The maximum atomic E-state index is 13.4. The van der Waals surface area contributed by atoms with Crippen molar-refractivity contribution in [2.75, 3.05) is 31.9 Å². The molecule has 3 aliphatic rings. The molecule has 2 amide bonds. The lowest BCUT2D eigenvalue weighted by Gasteiger charge is -2.41. The Hall–Kier alpha value is -1.35. The van der Waals surface area contributed by atoms with Crippen LogP contribution in [0.3, 0.4) is 0 Å². The summed E-state index contributed by atoms with van der Waals surface area (Å²) in [7, 11) is -3.38. The van der Waals surface area contributed by atoms with Crippen LogP contribution in [0.5, 0.6) is 0 Å². The molecule has 3 atom stereocenters. The van der Waals surface area contributed by atoms with E-state index in [0.29, 0.717) is 38.5 Å². The average Bonchev–Trinajstić information content (AvgIpc) is 3.16. The van der Waals surface area contributed by atoms with Crippen molar-refractivity contribution in [2.45, 2.75) is 71.6 Å². The fourth-order valence-corrected chi connectivity index (χ4v) is 6.60. The van der Waals surface area contributed by atoms with Gasteiger partial charge in [-0.25, -0.2) is 13.2 Å². The minimum absolute atomic E-state index is 0.0643. The second-order valence-electron chi connectivity index (χ2n) is 9.83. The molecule has 0 N–H and O–H groups in total. The molecule has 0 spiro atoms. The van der Waals surface area contributed by atoms with E-state index < -0.39 is 21.7 Å². The van der Waals surface area contributed by atoms with Gasteiger partial charge in [-0.15, -0.1) is 0 Å². The SMILES string of the molecule is CC(C)[C@H](C(=O)N1CC[C@@H]2CCN(C(=O)OC(C)(C)C)[C@@H]2C1)N1CCCS1(=O)=O. The van der Waals surface area contributed by atoms with Crippen LogP contribution in [0, 0.1) is 11.8 Å². The number of likely N-dealkylation sites (tertiary alicyclic amines) is 2. The number of ether oxygens (including phenoxy) is 1. The van der Waals surface area contributed by atoms with Crippen LogP contribution < -0.4 is 0 Å². The first kappa shape index (κ1) is 22.3. The van der Waals surface area contributed by atoms with Gasteiger partial charge in [-0.3, -0.25) is 4.79 Å². The van der Waals surface area contributed by atoms with E-state index in [1.54, 1.807) is 9.80 Å². The van der Waals surface area contributed by atoms with Gasteiger partial charge in [0.1, 0.15) is 11.6 Å². The number of carbonyl (C=O) groups excluding carboxylic acids is 2. The van der Waals surface area contributed by atoms with Crippen molar-refractivity contribution in [1.82, 2.24) is 14.1 Å². The van der Waals surface area contributed by atoms with E-state index in [1.165, 1.54) is 4.31 Å². The molecule has 3 heterocycles. The number of piperidine rings is 1. The van der Waals surface area contributed by atoms with Crippen LogP contribution in [-0.2, 0) is 19.6 Å². The van der Waals surface area contributed by atoms with Crippen molar-refractivity contribution in [3.05, 3.63) is 0 Å². The largest absolute Gasteiger partial charge is 0.444 e. The summed E-state index contributed by atoms with van der Waals surface area (Å²) in [6.45, 7) is 11.4. The first-order valence-corrected chi connectivity index (χ1v) is 12.3. The van der Waals surface area contributed by atoms with Gasteiger partial charge in [0.25, 0.3) is 0 Å². The lowest BCUT2D eigenvalue weighted by Crippen LogP contribution is -2.57. The topological polar surface area (TPSA) is 87.2 Å². The zero-order valence-corrected chi connectivity index (χ0v) is 19.1. The molecule has 3 fully saturated rings. The number of sulfonamides is 1. The maximum absolute atomic E-state index is 13.4. The Morgan fingerprint density at radius 3 is 2.28 bits per heavy atom. The molecule has 3 saturated heterocycles. The van der Waals surface area contributed by atoms with Crippen molar-refractivity contribution in [1.29, 1.82) is 0 Å². The highest BCUT2D eigenvalue weighted by molar-refractivity contribution is 7.89. The third-order valence-electron chi connectivity index (χ3n) is 6.14. The Morgan fingerprint density at radius 2 is 1.72 bits per heavy atom. The lowest BCUT2D eigenvalue weighted by molar-refractivity contribution is -0.139.